The van der Waals surface area contributed by atoms with Gasteiger partial charge in [0.1, 0.15) is 6.04 Å². The molecule has 0 bridgehead atoms. The first kappa shape index (κ1) is 9.15. The zero-order valence-corrected chi connectivity index (χ0v) is 8.54. The summed E-state index contributed by atoms with van der Waals surface area (Å²) in [6, 6.07) is 9.18. The van der Waals surface area contributed by atoms with Crippen molar-refractivity contribution in [2.45, 2.75) is 13.0 Å². The van der Waals surface area contributed by atoms with E-state index in [4.69, 9.17) is 12.2 Å². The topological polar surface area (TPSA) is 32.3 Å². The molecule has 0 aromatic heterocycles. The van der Waals surface area contributed by atoms with Crippen molar-refractivity contribution in [2.24, 2.45) is 0 Å². The maximum atomic E-state index is 11.7. The fourth-order valence-corrected chi connectivity index (χ4v) is 1.80. The van der Waals surface area contributed by atoms with Crippen LogP contribution < -0.4 is 10.2 Å². The van der Waals surface area contributed by atoms with Gasteiger partial charge in [0, 0.05) is 0 Å². The van der Waals surface area contributed by atoms with Gasteiger partial charge in [-0.1, -0.05) is 18.2 Å². The first-order chi connectivity index (χ1) is 6.70. The van der Waals surface area contributed by atoms with Gasteiger partial charge in [-0.2, -0.15) is 0 Å². The molecule has 1 atom stereocenters. The Hall–Kier alpha value is -1.42. The lowest BCUT2D eigenvalue weighted by Crippen LogP contribution is -2.30. The summed E-state index contributed by atoms with van der Waals surface area (Å²) in [6.45, 7) is 1.80. The van der Waals surface area contributed by atoms with E-state index >= 15 is 0 Å². The number of rotatable bonds is 1. The molecule has 1 saturated heterocycles. The molecule has 0 saturated carbocycles. The summed E-state index contributed by atoms with van der Waals surface area (Å²) in [5.74, 6) is 0.00111. The van der Waals surface area contributed by atoms with Crippen LogP contribution in [0, 0.1) is 0 Å². The molecule has 2 rings (SSSR count). The van der Waals surface area contributed by atoms with Gasteiger partial charge in [-0.05, 0) is 31.3 Å². The van der Waals surface area contributed by atoms with Crippen molar-refractivity contribution in [2.75, 3.05) is 4.90 Å². The molecule has 4 heteroatoms. The third kappa shape index (κ3) is 1.37. The number of carbonyl (C=O) groups excluding carboxylic acids is 1. The van der Waals surface area contributed by atoms with Crippen LogP contribution in [-0.4, -0.2) is 17.1 Å². The van der Waals surface area contributed by atoms with E-state index < -0.39 is 0 Å². The summed E-state index contributed by atoms with van der Waals surface area (Å²) in [5, 5.41) is 3.40. The summed E-state index contributed by atoms with van der Waals surface area (Å²) in [6.07, 6.45) is 0. The summed E-state index contributed by atoms with van der Waals surface area (Å²) >= 11 is 5.07. The van der Waals surface area contributed by atoms with Gasteiger partial charge in [-0.25, -0.2) is 0 Å². The first-order valence-electron chi connectivity index (χ1n) is 4.39. The van der Waals surface area contributed by atoms with Crippen LogP contribution in [0.2, 0.25) is 0 Å². The number of anilines is 1. The van der Waals surface area contributed by atoms with E-state index in [-0.39, 0.29) is 11.9 Å². The number of hydrogen-bond acceptors (Lipinski definition) is 2. The molecule has 1 aromatic rings. The number of thiocarbonyl (C=S) groups is 1. The van der Waals surface area contributed by atoms with Gasteiger partial charge in [0.15, 0.2) is 5.11 Å². The zero-order chi connectivity index (χ0) is 10.1. The molecule has 1 heterocycles. The fourth-order valence-electron chi connectivity index (χ4n) is 1.43. The second-order valence-corrected chi connectivity index (χ2v) is 3.57. The van der Waals surface area contributed by atoms with Crippen molar-refractivity contribution < 1.29 is 4.79 Å². The molecule has 0 aliphatic carbocycles. The normalized spacial score (nSPS) is 21.2. The molecular weight excluding hydrogens is 196 g/mol. The molecule has 0 spiro atoms. The molecular formula is C10H10N2OS. The molecule has 1 N–H and O–H groups in total. The van der Waals surface area contributed by atoms with Gasteiger partial charge >= 0.3 is 0 Å². The van der Waals surface area contributed by atoms with Crippen molar-refractivity contribution in [3.8, 4) is 0 Å². The maximum absolute atomic E-state index is 11.7. The van der Waals surface area contributed by atoms with Crippen molar-refractivity contribution >= 4 is 28.9 Å². The lowest BCUT2D eigenvalue weighted by atomic mass is 10.3. The van der Waals surface area contributed by atoms with E-state index in [1.807, 2.05) is 30.3 Å². The van der Waals surface area contributed by atoms with Crippen molar-refractivity contribution in [1.29, 1.82) is 0 Å². The molecule has 1 aliphatic rings. The van der Waals surface area contributed by atoms with Gasteiger partial charge in [0.25, 0.3) is 5.91 Å². The molecule has 1 amide bonds. The minimum absolute atomic E-state index is 0.00111. The minimum atomic E-state index is -0.220. The Bertz CT molecular complexity index is 377. The van der Waals surface area contributed by atoms with Crippen LogP contribution in [0.15, 0.2) is 30.3 Å². The van der Waals surface area contributed by atoms with Crippen molar-refractivity contribution in [3.05, 3.63) is 30.3 Å². The third-order valence-corrected chi connectivity index (χ3v) is 2.45. The summed E-state index contributed by atoms with van der Waals surface area (Å²) in [7, 11) is 0. The lowest BCUT2D eigenvalue weighted by molar-refractivity contribution is -0.117. The smallest absolute Gasteiger partial charge is 0.255 e. The number of amides is 1. The van der Waals surface area contributed by atoms with Crippen LogP contribution in [0.3, 0.4) is 0 Å². The second kappa shape index (κ2) is 3.38. The predicted molar refractivity (Wildman–Crippen MR) is 59.1 cm³/mol. The average molecular weight is 206 g/mol. The number of para-hydroxylation sites is 1. The Balaban J connectivity index is 2.36. The zero-order valence-electron chi connectivity index (χ0n) is 7.73. The summed E-state index contributed by atoms with van der Waals surface area (Å²) in [5.41, 5.74) is 0.819. The number of carbonyl (C=O) groups is 1. The van der Waals surface area contributed by atoms with E-state index in [1.165, 1.54) is 4.90 Å². The quantitative estimate of drug-likeness (QED) is 0.703. The molecule has 14 heavy (non-hydrogen) atoms. The van der Waals surface area contributed by atoms with Crippen LogP contribution in [0.1, 0.15) is 6.92 Å². The van der Waals surface area contributed by atoms with E-state index in [2.05, 4.69) is 5.32 Å². The monoisotopic (exact) mass is 206 g/mol. The van der Waals surface area contributed by atoms with Gasteiger partial charge in [0.2, 0.25) is 0 Å². The van der Waals surface area contributed by atoms with E-state index in [9.17, 15) is 4.79 Å². The standard InChI is InChI=1S/C10H10N2OS/c1-7-9(13)12(10(14)11-7)8-5-3-2-4-6-8/h2-7H,1H3,(H,11,14)/t7-/m1/s1. The SMILES string of the molecule is C[C@H]1NC(=S)N(c2ccccc2)C1=O. The average Bonchev–Trinajstić information content (AvgIpc) is 2.43. The Morgan fingerprint density at radius 1 is 1.36 bits per heavy atom. The minimum Gasteiger partial charge on any atom is -0.350 e. The predicted octanol–water partition coefficient (Wildman–Crippen LogP) is 1.30. The molecule has 72 valence electrons. The van der Waals surface area contributed by atoms with Gasteiger partial charge in [-0.3, -0.25) is 9.69 Å². The van der Waals surface area contributed by atoms with Crippen molar-refractivity contribution in [3.63, 3.8) is 0 Å². The number of benzene rings is 1. The van der Waals surface area contributed by atoms with Crippen LogP contribution >= 0.6 is 12.2 Å². The largest absolute Gasteiger partial charge is 0.350 e. The Kier molecular flexibility index (Phi) is 2.21. The maximum Gasteiger partial charge on any atom is 0.255 e. The summed E-state index contributed by atoms with van der Waals surface area (Å²) in [4.78, 5) is 13.2. The number of hydrogen-bond donors (Lipinski definition) is 1. The number of nitrogens with zero attached hydrogens (tertiary/aromatic N) is 1. The Morgan fingerprint density at radius 3 is 2.50 bits per heavy atom. The Morgan fingerprint density at radius 2 is 2.00 bits per heavy atom. The van der Waals surface area contributed by atoms with Crippen molar-refractivity contribution in [1.82, 2.24) is 5.32 Å². The summed E-state index contributed by atoms with van der Waals surface area (Å²) < 4.78 is 0. The van der Waals surface area contributed by atoms with E-state index in [0.717, 1.165) is 5.69 Å². The van der Waals surface area contributed by atoms with Crippen LogP contribution in [0.25, 0.3) is 0 Å². The third-order valence-electron chi connectivity index (χ3n) is 2.15. The van der Waals surface area contributed by atoms with Crippen LogP contribution in [0.5, 0.6) is 0 Å². The molecule has 1 fully saturated rings. The second-order valence-electron chi connectivity index (χ2n) is 3.18. The highest BCUT2D eigenvalue weighted by atomic mass is 32.1. The van der Waals surface area contributed by atoms with E-state index in [1.54, 1.807) is 6.92 Å². The van der Waals surface area contributed by atoms with Crippen LogP contribution in [0.4, 0.5) is 5.69 Å². The van der Waals surface area contributed by atoms with E-state index in [0.29, 0.717) is 5.11 Å². The number of nitrogens with one attached hydrogen (secondary N) is 1. The fraction of sp³-hybridized carbons (Fsp3) is 0.200. The molecule has 0 radical (unpaired) electrons. The van der Waals surface area contributed by atoms with Gasteiger partial charge in [-0.15, -0.1) is 0 Å². The van der Waals surface area contributed by atoms with Gasteiger partial charge in [0.05, 0.1) is 5.69 Å². The molecule has 0 unspecified atom stereocenters. The Labute approximate surface area is 87.7 Å². The first-order valence-corrected chi connectivity index (χ1v) is 4.80. The molecule has 1 aliphatic heterocycles. The lowest BCUT2D eigenvalue weighted by Gasteiger charge is -2.13. The highest BCUT2D eigenvalue weighted by molar-refractivity contribution is 7.80. The molecule has 3 nitrogen and oxygen atoms in total. The molecule has 1 aromatic carbocycles. The highest BCUT2D eigenvalue weighted by Gasteiger charge is 2.32. The highest BCUT2D eigenvalue weighted by Crippen LogP contribution is 2.18. The van der Waals surface area contributed by atoms with Gasteiger partial charge < -0.3 is 5.32 Å². The van der Waals surface area contributed by atoms with Crippen LogP contribution in [-0.2, 0) is 4.79 Å².